The number of pyridine rings is 1. The summed E-state index contributed by atoms with van der Waals surface area (Å²) < 4.78 is 13.3. The zero-order valence-corrected chi connectivity index (χ0v) is 29.5. The van der Waals surface area contributed by atoms with Crippen molar-refractivity contribution in [1.82, 2.24) is 30.1 Å². The highest BCUT2D eigenvalue weighted by Crippen LogP contribution is 2.33. The smallest absolute Gasteiger partial charge is 0.293 e. The summed E-state index contributed by atoms with van der Waals surface area (Å²) in [7, 11) is 3.13. The zero-order valence-electron chi connectivity index (χ0n) is 28.8. The fraction of sp³-hybridized carbons (Fsp3) is 0.361. The van der Waals surface area contributed by atoms with E-state index in [1.54, 1.807) is 37.5 Å². The number of fused-ring (bicyclic) bond motifs is 2. The van der Waals surface area contributed by atoms with Crippen molar-refractivity contribution in [3.8, 4) is 11.5 Å². The monoisotopic (exact) mass is 728 g/mol. The normalized spacial score (nSPS) is 20.1. The molecule has 15 nitrogen and oxygen atoms in total. The quantitative estimate of drug-likeness (QED) is 0.216. The Bertz CT molecular complexity index is 2170. The average Bonchev–Trinajstić information content (AvgIpc) is 3.44. The molecule has 0 spiro atoms. The SMILES string of the molecule is CNC(=O)COc1cc2cc(Nc3nc(N4CCC(Oc5ccc6c(c5)CN(C5CCC(=O)NC5=O)C6=O)CC4C)ncc3Cl)ccc2n(C)c1=O. The van der Waals surface area contributed by atoms with Gasteiger partial charge < -0.3 is 34.5 Å². The molecular formula is C36H37ClN8O7. The highest BCUT2D eigenvalue weighted by Gasteiger charge is 2.39. The Balaban J connectivity index is 1.01. The van der Waals surface area contributed by atoms with Gasteiger partial charge in [-0.2, -0.15) is 4.98 Å². The van der Waals surface area contributed by atoms with Crippen molar-refractivity contribution in [2.24, 2.45) is 7.05 Å². The van der Waals surface area contributed by atoms with Crippen LogP contribution in [0.15, 0.2) is 53.5 Å². The molecule has 4 amide bonds. The Hall–Kier alpha value is -5.70. The van der Waals surface area contributed by atoms with Gasteiger partial charge in [0, 0.05) is 69.1 Å². The Morgan fingerprint density at radius 3 is 2.67 bits per heavy atom. The van der Waals surface area contributed by atoms with Crippen molar-refractivity contribution >= 4 is 63.6 Å². The Morgan fingerprint density at radius 2 is 1.90 bits per heavy atom. The summed E-state index contributed by atoms with van der Waals surface area (Å²) in [5, 5.41) is 9.11. The number of rotatable bonds is 9. The van der Waals surface area contributed by atoms with Crippen molar-refractivity contribution < 1.29 is 28.7 Å². The third kappa shape index (κ3) is 6.83. The molecule has 270 valence electrons. The fourth-order valence-corrected chi connectivity index (χ4v) is 7.06. The molecule has 2 saturated heterocycles. The van der Waals surface area contributed by atoms with Crippen molar-refractivity contribution in [3.63, 3.8) is 0 Å². The predicted molar refractivity (Wildman–Crippen MR) is 192 cm³/mol. The van der Waals surface area contributed by atoms with E-state index in [1.165, 1.54) is 16.5 Å². The third-order valence-electron chi connectivity index (χ3n) is 9.71. The zero-order chi connectivity index (χ0) is 36.7. The first-order valence-corrected chi connectivity index (χ1v) is 17.3. The van der Waals surface area contributed by atoms with Crippen LogP contribution in [0.2, 0.25) is 5.02 Å². The predicted octanol–water partition coefficient (Wildman–Crippen LogP) is 3.05. The maximum Gasteiger partial charge on any atom is 0.293 e. The number of hydrogen-bond acceptors (Lipinski definition) is 11. The van der Waals surface area contributed by atoms with Crippen LogP contribution in [0.4, 0.5) is 17.5 Å². The van der Waals surface area contributed by atoms with Gasteiger partial charge >= 0.3 is 0 Å². The molecule has 3 aliphatic heterocycles. The lowest BCUT2D eigenvalue weighted by Gasteiger charge is -2.37. The van der Waals surface area contributed by atoms with Gasteiger partial charge in [0.15, 0.2) is 18.2 Å². The van der Waals surface area contributed by atoms with Crippen LogP contribution in [0.3, 0.4) is 0 Å². The first-order valence-electron chi connectivity index (χ1n) is 17.0. The van der Waals surface area contributed by atoms with E-state index in [0.717, 1.165) is 5.56 Å². The summed E-state index contributed by atoms with van der Waals surface area (Å²) >= 11 is 6.54. The van der Waals surface area contributed by atoms with E-state index in [9.17, 15) is 24.0 Å². The van der Waals surface area contributed by atoms with Crippen molar-refractivity contribution in [2.45, 2.75) is 57.3 Å². The number of aryl methyl sites for hydroxylation is 1. The first kappa shape index (κ1) is 34.7. The molecule has 16 heteroatoms. The largest absolute Gasteiger partial charge is 0.490 e. The number of aromatic nitrogens is 3. The van der Waals surface area contributed by atoms with Crippen LogP contribution in [-0.2, 0) is 28.0 Å². The summed E-state index contributed by atoms with van der Waals surface area (Å²) in [6.07, 6.45) is 3.38. The van der Waals surface area contributed by atoms with Gasteiger partial charge in [-0.1, -0.05) is 11.6 Å². The minimum absolute atomic E-state index is 0.0296. The highest BCUT2D eigenvalue weighted by atomic mass is 35.5. The number of nitrogens with one attached hydrogen (secondary N) is 3. The van der Waals surface area contributed by atoms with Crippen LogP contribution in [0.25, 0.3) is 10.9 Å². The van der Waals surface area contributed by atoms with Gasteiger partial charge in [0.05, 0.1) is 11.7 Å². The molecule has 2 aromatic heterocycles. The topological polar surface area (TPSA) is 177 Å². The number of piperidine rings is 2. The number of halogens is 1. The number of imide groups is 1. The number of ether oxygens (including phenoxy) is 2. The van der Waals surface area contributed by atoms with E-state index in [0.29, 0.717) is 70.5 Å². The van der Waals surface area contributed by atoms with Gasteiger partial charge in [0.1, 0.15) is 22.9 Å². The van der Waals surface area contributed by atoms with Gasteiger partial charge in [-0.25, -0.2) is 4.98 Å². The third-order valence-corrected chi connectivity index (χ3v) is 9.98. The minimum atomic E-state index is -0.669. The Morgan fingerprint density at radius 1 is 1.08 bits per heavy atom. The molecule has 3 atom stereocenters. The summed E-state index contributed by atoms with van der Waals surface area (Å²) in [5.74, 6) is 0.302. The standard InChI is InChI=1S/C36H37ClN8O7/c1-19-12-24(52-23-5-6-25-21(14-23)17-45(34(25)49)28-8-9-30(46)41-33(28)48)10-11-44(19)36-39-16-26(37)32(42-36)40-22-4-7-27-20(13-22)15-29(35(50)43(27)3)51-18-31(47)38-2/h4-7,13-16,19,24,28H,8-12,17-18H2,1-3H3,(H,38,47)(H,39,40,42)(H,41,46,48). The lowest BCUT2D eigenvalue weighted by atomic mass is 10.0. The second-order valence-electron chi connectivity index (χ2n) is 13.1. The van der Waals surface area contributed by atoms with Crippen molar-refractivity contribution in [2.75, 3.05) is 30.4 Å². The molecule has 4 aromatic rings. The van der Waals surface area contributed by atoms with Gasteiger partial charge in [0.2, 0.25) is 17.8 Å². The molecule has 7 rings (SSSR count). The molecular weight excluding hydrogens is 692 g/mol. The number of nitrogens with zero attached hydrogens (tertiary/aromatic N) is 5. The van der Waals surface area contributed by atoms with Crippen LogP contribution in [-0.4, -0.2) is 81.5 Å². The number of carbonyl (C=O) groups is 4. The van der Waals surface area contributed by atoms with E-state index in [4.69, 9.17) is 26.1 Å². The second kappa shape index (κ2) is 14.1. The molecule has 3 N–H and O–H groups in total. The lowest BCUT2D eigenvalue weighted by molar-refractivity contribution is -0.137. The van der Waals surface area contributed by atoms with Crippen LogP contribution in [0.5, 0.6) is 11.5 Å². The molecule has 3 aliphatic rings. The van der Waals surface area contributed by atoms with Crippen LogP contribution < -0.4 is 35.9 Å². The van der Waals surface area contributed by atoms with Gasteiger partial charge in [-0.15, -0.1) is 0 Å². The molecule has 0 radical (unpaired) electrons. The van der Waals surface area contributed by atoms with Crippen LogP contribution in [0, 0.1) is 0 Å². The van der Waals surface area contributed by atoms with Gasteiger partial charge in [0.25, 0.3) is 17.4 Å². The number of hydrogen-bond donors (Lipinski definition) is 3. The minimum Gasteiger partial charge on any atom is -0.490 e. The van der Waals surface area contributed by atoms with E-state index in [1.807, 2.05) is 18.2 Å². The number of benzene rings is 2. The lowest BCUT2D eigenvalue weighted by Crippen LogP contribution is -2.52. The fourth-order valence-electron chi connectivity index (χ4n) is 6.92. The molecule has 2 fully saturated rings. The van der Waals surface area contributed by atoms with E-state index >= 15 is 0 Å². The number of likely N-dealkylation sites (N-methyl/N-ethyl adjacent to an activating group) is 1. The summed E-state index contributed by atoms with van der Waals surface area (Å²) in [6.45, 7) is 2.71. The summed E-state index contributed by atoms with van der Waals surface area (Å²) in [5.41, 5.74) is 2.32. The average molecular weight is 729 g/mol. The van der Waals surface area contributed by atoms with Crippen molar-refractivity contribution in [3.05, 3.63) is 75.2 Å². The highest BCUT2D eigenvalue weighted by molar-refractivity contribution is 6.33. The Kier molecular flexibility index (Phi) is 9.44. The number of anilines is 3. The second-order valence-corrected chi connectivity index (χ2v) is 13.5. The summed E-state index contributed by atoms with van der Waals surface area (Å²) in [4.78, 5) is 74.5. The molecule has 52 heavy (non-hydrogen) atoms. The number of carbonyl (C=O) groups excluding carboxylic acids is 4. The van der Waals surface area contributed by atoms with E-state index in [-0.39, 0.29) is 60.7 Å². The van der Waals surface area contributed by atoms with Crippen molar-refractivity contribution in [1.29, 1.82) is 0 Å². The molecule has 0 saturated carbocycles. The molecule has 3 unspecified atom stereocenters. The Labute approximate surface area is 303 Å². The van der Waals surface area contributed by atoms with Gasteiger partial charge in [-0.3, -0.25) is 29.3 Å². The van der Waals surface area contributed by atoms with Crippen LogP contribution in [0.1, 0.15) is 48.5 Å². The molecule has 2 aromatic carbocycles. The van der Waals surface area contributed by atoms with E-state index < -0.39 is 11.9 Å². The maximum atomic E-state index is 13.1. The van der Waals surface area contributed by atoms with Gasteiger partial charge in [-0.05, 0) is 61.4 Å². The molecule has 5 heterocycles. The first-order chi connectivity index (χ1) is 25.0. The molecule has 0 bridgehead atoms. The molecule has 0 aliphatic carbocycles. The van der Waals surface area contributed by atoms with E-state index in [2.05, 4.69) is 32.8 Å². The van der Waals surface area contributed by atoms with Crippen LogP contribution >= 0.6 is 11.6 Å². The summed E-state index contributed by atoms with van der Waals surface area (Å²) in [6, 6.07) is 11.8. The number of amides is 4. The maximum absolute atomic E-state index is 13.1.